The maximum Gasteiger partial charge on any atom is 0.0742 e. The number of fused-ring (bicyclic) bond motifs is 3. The normalized spacial score (nSPS) is 12.0. The average molecular weight is 814 g/mol. The topological polar surface area (TPSA) is 38.7 Å². The molecule has 0 aliphatic rings. The third kappa shape index (κ3) is 14.5. The molecule has 6 aromatic rings. The van der Waals surface area contributed by atoms with Gasteiger partial charge in [0.1, 0.15) is 0 Å². The summed E-state index contributed by atoms with van der Waals surface area (Å²) in [5, 5.41) is 3.81. The van der Waals surface area contributed by atoms with Crippen LogP contribution in [0.15, 0.2) is 91.3 Å². The number of pyridine rings is 3. The minimum absolute atomic E-state index is 0.108. The molecule has 0 bridgehead atoms. The van der Waals surface area contributed by atoms with Gasteiger partial charge in [-0.25, -0.2) is 0 Å². The standard InChI is InChI=1S/3C17H23N.3C2H6/c1-16(2,3)13-8-9-14-12(11-13)7-10-15(18-14)17(4,5)6;2*1-16(2,3)13-9-10-14(17(4,5)6)15-12(13)8-7-11-18-15;3*1-2/h3*7-11H,1-6H3;3*1-2H3. The summed E-state index contributed by atoms with van der Waals surface area (Å²) in [5.74, 6) is 0. The van der Waals surface area contributed by atoms with Crippen molar-refractivity contribution in [2.75, 3.05) is 0 Å². The van der Waals surface area contributed by atoms with Crippen LogP contribution in [0.3, 0.4) is 0 Å². The summed E-state index contributed by atoms with van der Waals surface area (Å²) in [6.07, 6.45) is 3.79. The van der Waals surface area contributed by atoms with Crippen molar-refractivity contribution in [3.05, 3.63) is 125 Å². The Morgan fingerprint density at radius 3 is 1.05 bits per heavy atom. The predicted octanol–water partition coefficient (Wildman–Crippen LogP) is 17.6. The van der Waals surface area contributed by atoms with Crippen LogP contribution < -0.4 is 0 Å². The van der Waals surface area contributed by atoms with Gasteiger partial charge < -0.3 is 0 Å². The second-order valence-electron chi connectivity index (χ2n) is 21.2. The van der Waals surface area contributed by atoms with Crippen LogP contribution in [0.5, 0.6) is 0 Å². The Hall–Kier alpha value is -4.11. The Balaban J connectivity index is 0.000000423. The quantitative estimate of drug-likeness (QED) is 0.153. The Labute approximate surface area is 369 Å². The molecule has 0 aliphatic heterocycles. The highest BCUT2D eigenvalue weighted by Crippen LogP contribution is 2.37. The zero-order chi connectivity index (χ0) is 46.7. The Morgan fingerprint density at radius 1 is 0.350 bits per heavy atom. The lowest BCUT2D eigenvalue weighted by Gasteiger charge is -2.26. The summed E-state index contributed by atoms with van der Waals surface area (Å²) in [4.78, 5) is 14.0. The number of aromatic nitrogens is 3. The van der Waals surface area contributed by atoms with E-state index in [0.29, 0.717) is 0 Å². The Bertz CT molecular complexity index is 1950. The summed E-state index contributed by atoms with van der Waals surface area (Å²) in [5.41, 5.74) is 12.2. The van der Waals surface area contributed by atoms with E-state index in [-0.39, 0.29) is 32.5 Å². The highest BCUT2D eigenvalue weighted by Gasteiger charge is 2.24. The van der Waals surface area contributed by atoms with E-state index in [9.17, 15) is 0 Å². The molecule has 60 heavy (non-hydrogen) atoms. The third-order valence-corrected chi connectivity index (χ3v) is 10.1. The summed E-state index contributed by atoms with van der Waals surface area (Å²) < 4.78 is 0. The van der Waals surface area contributed by atoms with Gasteiger partial charge in [0.05, 0.1) is 16.6 Å². The first-order valence-electron chi connectivity index (χ1n) is 22.8. The predicted molar refractivity (Wildman–Crippen MR) is 271 cm³/mol. The van der Waals surface area contributed by atoms with Gasteiger partial charge in [-0.05, 0) is 85.2 Å². The number of hydrogen-bond acceptors (Lipinski definition) is 3. The van der Waals surface area contributed by atoms with E-state index >= 15 is 0 Å². The van der Waals surface area contributed by atoms with Crippen molar-refractivity contribution in [1.29, 1.82) is 0 Å². The molecule has 3 heterocycles. The third-order valence-electron chi connectivity index (χ3n) is 10.1. The summed E-state index contributed by atoms with van der Waals surface area (Å²) in [6, 6.07) is 28.4. The molecular formula is C57H87N3. The fraction of sp³-hybridized carbons (Fsp3) is 0.526. The van der Waals surface area contributed by atoms with Crippen molar-refractivity contribution in [1.82, 2.24) is 15.0 Å². The molecule has 0 amide bonds. The fourth-order valence-corrected chi connectivity index (χ4v) is 6.87. The van der Waals surface area contributed by atoms with Crippen LogP contribution in [0.25, 0.3) is 32.7 Å². The maximum atomic E-state index is 4.77. The van der Waals surface area contributed by atoms with Crippen molar-refractivity contribution in [2.24, 2.45) is 0 Å². The van der Waals surface area contributed by atoms with Gasteiger partial charge in [0.25, 0.3) is 0 Å². The molecule has 0 N–H and O–H groups in total. The molecular weight excluding hydrogens is 727 g/mol. The SMILES string of the molecule is CC.CC.CC.CC(C)(C)c1ccc(C(C)(C)C)c2ncccc12.CC(C)(C)c1ccc(C(C)(C)C)c2ncccc12.CC(C)(C)c1ccc2nc(C(C)(C)C)ccc2c1. The minimum atomic E-state index is 0.108. The zero-order valence-corrected chi connectivity index (χ0v) is 43.0. The van der Waals surface area contributed by atoms with Crippen LogP contribution in [0.2, 0.25) is 0 Å². The van der Waals surface area contributed by atoms with E-state index in [2.05, 4.69) is 201 Å². The number of benzene rings is 3. The van der Waals surface area contributed by atoms with Gasteiger partial charge in [-0.15, -0.1) is 0 Å². The molecule has 0 unspecified atom stereocenters. The van der Waals surface area contributed by atoms with Gasteiger partial charge in [-0.1, -0.05) is 215 Å². The van der Waals surface area contributed by atoms with Gasteiger partial charge in [-0.2, -0.15) is 0 Å². The smallest absolute Gasteiger partial charge is 0.0742 e. The molecule has 3 aromatic heterocycles. The van der Waals surface area contributed by atoms with Crippen LogP contribution >= 0.6 is 0 Å². The van der Waals surface area contributed by atoms with Crippen LogP contribution in [-0.2, 0) is 32.5 Å². The van der Waals surface area contributed by atoms with Crippen molar-refractivity contribution in [2.45, 2.75) is 199 Å². The molecule has 0 spiro atoms. The molecule has 6 rings (SSSR count). The lowest BCUT2D eigenvalue weighted by atomic mass is 9.79. The van der Waals surface area contributed by atoms with Crippen molar-refractivity contribution in [3.8, 4) is 0 Å². The largest absolute Gasteiger partial charge is 0.256 e. The number of nitrogens with zero attached hydrogens (tertiary/aromatic N) is 3. The van der Waals surface area contributed by atoms with Crippen LogP contribution in [-0.4, -0.2) is 15.0 Å². The second-order valence-corrected chi connectivity index (χ2v) is 21.2. The molecule has 3 nitrogen and oxygen atoms in total. The van der Waals surface area contributed by atoms with Gasteiger partial charge in [0.15, 0.2) is 0 Å². The highest BCUT2D eigenvalue weighted by atomic mass is 14.7. The lowest BCUT2D eigenvalue weighted by Crippen LogP contribution is -2.16. The summed E-state index contributed by atoms with van der Waals surface area (Å²) in [6.45, 7) is 52.3. The van der Waals surface area contributed by atoms with Crippen LogP contribution in [0.4, 0.5) is 0 Å². The molecule has 330 valence electrons. The Kier molecular flexibility index (Phi) is 19.4. The zero-order valence-electron chi connectivity index (χ0n) is 43.0. The fourth-order valence-electron chi connectivity index (χ4n) is 6.87. The van der Waals surface area contributed by atoms with E-state index in [4.69, 9.17) is 4.98 Å². The first-order chi connectivity index (χ1) is 27.6. The van der Waals surface area contributed by atoms with E-state index in [0.717, 1.165) is 22.2 Å². The minimum Gasteiger partial charge on any atom is -0.256 e. The Morgan fingerprint density at radius 2 is 0.717 bits per heavy atom. The molecule has 3 aromatic carbocycles. The lowest BCUT2D eigenvalue weighted by molar-refractivity contribution is 0.571. The maximum absolute atomic E-state index is 4.77. The van der Waals surface area contributed by atoms with E-state index < -0.39 is 0 Å². The summed E-state index contributed by atoms with van der Waals surface area (Å²) >= 11 is 0. The molecule has 0 saturated carbocycles. The summed E-state index contributed by atoms with van der Waals surface area (Å²) in [7, 11) is 0. The second kappa shape index (κ2) is 21.6. The van der Waals surface area contributed by atoms with Crippen molar-refractivity contribution >= 4 is 32.7 Å². The van der Waals surface area contributed by atoms with Gasteiger partial charge in [0, 0.05) is 39.7 Å². The molecule has 0 atom stereocenters. The van der Waals surface area contributed by atoms with Crippen LogP contribution in [0, 0.1) is 0 Å². The van der Waals surface area contributed by atoms with Crippen LogP contribution in [0.1, 0.15) is 200 Å². The van der Waals surface area contributed by atoms with Gasteiger partial charge in [0.2, 0.25) is 0 Å². The van der Waals surface area contributed by atoms with E-state index in [1.54, 1.807) is 0 Å². The van der Waals surface area contributed by atoms with E-state index in [1.165, 1.54) is 44.0 Å². The number of hydrogen-bond donors (Lipinski definition) is 0. The molecule has 0 aliphatic carbocycles. The highest BCUT2D eigenvalue weighted by molar-refractivity contribution is 5.88. The number of rotatable bonds is 0. The first-order valence-corrected chi connectivity index (χ1v) is 22.8. The van der Waals surface area contributed by atoms with Crippen molar-refractivity contribution in [3.63, 3.8) is 0 Å². The molecule has 0 saturated heterocycles. The average Bonchev–Trinajstić information content (AvgIpc) is 3.17. The molecule has 0 radical (unpaired) electrons. The van der Waals surface area contributed by atoms with Gasteiger partial charge in [-0.3, -0.25) is 15.0 Å². The van der Waals surface area contributed by atoms with Crippen molar-refractivity contribution < 1.29 is 0 Å². The first kappa shape index (κ1) is 53.9. The monoisotopic (exact) mass is 814 g/mol. The molecule has 0 fully saturated rings. The molecule has 3 heteroatoms. The van der Waals surface area contributed by atoms with Gasteiger partial charge >= 0.3 is 0 Å². The van der Waals surface area contributed by atoms with E-state index in [1.807, 2.05) is 66.1 Å².